The van der Waals surface area contributed by atoms with E-state index in [2.05, 4.69) is 34.6 Å². The predicted octanol–water partition coefficient (Wildman–Crippen LogP) is 5.07. The van der Waals surface area contributed by atoms with Gasteiger partial charge in [0, 0.05) is 48.3 Å². The number of para-hydroxylation sites is 1. The first-order valence-corrected chi connectivity index (χ1v) is 12.9. The number of rotatable bonds is 6. The van der Waals surface area contributed by atoms with Crippen molar-refractivity contribution in [2.45, 2.75) is 45.4 Å². The van der Waals surface area contributed by atoms with E-state index < -0.39 is 0 Å². The number of likely N-dealkylation sites (tertiary alicyclic amines) is 1. The Bertz CT molecular complexity index is 1330. The fourth-order valence-corrected chi connectivity index (χ4v) is 5.42. The molecule has 36 heavy (non-hydrogen) atoms. The molecule has 5 rings (SSSR count). The molecule has 1 unspecified atom stereocenters. The molecule has 1 aliphatic carbocycles. The topological polar surface area (TPSA) is 78.1 Å². The summed E-state index contributed by atoms with van der Waals surface area (Å²) in [5, 5.41) is 4.30. The second-order valence-corrected chi connectivity index (χ2v) is 9.94. The second kappa shape index (κ2) is 10.5. The van der Waals surface area contributed by atoms with Gasteiger partial charge in [-0.15, -0.1) is 0 Å². The van der Waals surface area contributed by atoms with Crippen LogP contribution in [0.4, 0.5) is 0 Å². The average molecular weight is 483 g/mol. The van der Waals surface area contributed by atoms with Crippen molar-refractivity contribution in [3.8, 4) is 0 Å². The summed E-state index contributed by atoms with van der Waals surface area (Å²) < 4.78 is 0. The van der Waals surface area contributed by atoms with Crippen LogP contribution in [-0.2, 0) is 11.2 Å². The number of piperidine rings is 1. The first kappa shape index (κ1) is 24.0. The first-order chi connectivity index (χ1) is 17.5. The maximum Gasteiger partial charge on any atom is 0.253 e. The molecule has 3 heterocycles. The number of hydrogen-bond donors (Lipinski definition) is 2. The molecule has 2 N–H and O–H groups in total. The van der Waals surface area contributed by atoms with Crippen LogP contribution in [0.25, 0.3) is 10.9 Å². The van der Waals surface area contributed by atoms with Crippen LogP contribution in [0, 0.1) is 12.8 Å². The highest BCUT2D eigenvalue weighted by atomic mass is 16.2. The monoisotopic (exact) mass is 482 g/mol. The molecule has 0 bridgehead atoms. The van der Waals surface area contributed by atoms with E-state index in [1.54, 1.807) is 0 Å². The maximum absolute atomic E-state index is 13.2. The summed E-state index contributed by atoms with van der Waals surface area (Å²) in [6, 6.07) is 12.0. The van der Waals surface area contributed by atoms with Crippen LogP contribution in [0.5, 0.6) is 0 Å². The molecule has 1 aromatic carbocycles. The van der Waals surface area contributed by atoms with E-state index in [0.717, 1.165) is 48.2 Å². The summed E-state index contributed by atoms with van der Waals surface area (Å²) in [5.41, 5.74) is 5.87. The molecular formula is C30H34N4O2. The Kier molecular flexibility index (Phi) is 7.03. The van der Waals surface area contributed by atoms with E-state index in [1.807, 2.05) is 55.3 Å². The Morgan fingerprint density at radius 2 is 1.92 bits per heavy atom. The largest absolute Gasteiger partial charge is 0.361 e. The molecule has 1 saturated heterocycles. The lowest BCUT2D eigenvalue weighted by Gasteiger charge is -2.34. The molecule has 0 spiro atoms. The van der Waals surface area contributed by atoms with Gasteiger partial charge in [0.05, 0.1) is 17.2 Å². The number of pyridine rings is 1. The van der Waals surface area contributed by atoms with Crippen LogP contribution in [0.3, 0.4) is 0 Å². The molecular weight excluding hydrogens is 448 g/mol. The zero-order valence-corrected chi connectivity index (χ0v) is 21.1. The van der Waals surface area contributed by atoms with Gasteiger partial charge in [0.15, 0.2) is 0 Å². The number of H-pyrrole nitrogens is 1. The van der Waals surface area contributed by atoms with Crippen LogP contribution in [0.15, 0.2) is 66.4 Å². The minimum Gasteiger partial charge on any atom is -0.361 e. The van der Waals surface area contributed by atoms with Crippen LogP contribution >= 0.6 is 0 Å². The molecule has 0 saturated carbocycles. The van der Waals surface area contributed by atoms with Gasteiger partial charge in [-0.25, -0.2) is 0 Å². The number of nitrogens with zero attached hydrogens (tertiary/aromatic N) is 2. The molecule has 6 heteroatoms. The zero-order chi connectivity index (χ0) is 25.1. The molecule has 2 aromatic heterocycles. The number of benzene rings is 1. The van der Waals surface area contributed by atoms with Gasteiger partial charge < -0.3 is 15.2 Å². The van der Waals surface area contributed by atoms with Crippen molar-refractivity contribution in [2.75, 3.05) is 19.6 Å². The predicted molar refractivity (Wildman–Crippen MR) is 143 cm³/mol. The van der Waals surface area contributed by atoms with Crippen LogP contribution in [0.1, 0.15) is 59.4 Å². The molecule has 186 valence electrons. The number of fused-ring (bicyclic) bond motifs is 1. The lowest BCUT2D eigenvalue weighted by molar-refractivity contribution is -0.134. The normalized spacial score (nSPS) is 18.3. The van der Waals surface area contributed by atoms with Gasteiger partial charge in [0.1, 0.15) is 0 Å². The molecule has 6 nitrogen and oxygen atoms in total. The van der Waals surface area contributed by atoms with Crippen LogP contribution < -0.4 is 5.32 Å². The summed E-state index contributed by atoms with van der Waals surface area (Å²) in [4.78, 5) is 36.3. The fraction of sp³-hybridized carbons (Fsp3) is 0.367. The number of aromatic nitrogens is 2. The molecule has 3 aromatic rings. The third-order valence-electron chi connectivity index (χ3n) is 7.52. The number of hydrogen-bond acceptors (Lipinski definition) is 3. The van der Waals surface area contributed by atoms with E-state index in [1.165, 1.54) is 10.9 Å². The number of amides is 2. The summed E-state index contributed by atoms with van der Waals surface area (Å²) in [6.45, 7) is 5.95. The van der Waals surface area contributed by atoms with Crippen molar-refractivity contribution in [2.24, 2.45) is 5.92 Å². The minimum absolute atomic E-state index is 0.0797. The number of nitrogens with one attached hydrogen (secondary N) is 2. The van der Waals surface area contributed by atoms with Gasteiger partial charge in [0.2, 0.25) is 5.91 Å². The van der Waals surface area contributed by atoms with Crippen molar-refractivity contribution in [3.05, 3.63) is 88.9 Å². The van der Waals surface area contributed by atoms with Crippen molar-refractivity contribution in [1.82, 2.24) is 20.2 Å². The van der Waals surface area contributed by atoms with Crippen molar-refractivity contribution in [3.63, 3.8) is 0 Å². The smallest absolute Gasteiger partial charge is 0.253 e. The van der Waals surface area contributed by atoms with Gasteiger partial charge in [-0.05, 0) is 63.3 Å². The lowest BCUT2D eigenvalue weighted by atomic mass is 9.88. The van der Waals surface area contributed by atoms with E-state index >= 15 is 0 Å². The quantitative estimate of drug-likeness (QED) is 0.482. The number of allylic oxidation sites excluding steroid dienone is 2. The number of aromatic amines is 1. The molecule has 0 radical (unpaired) electrons. The van der Waals surface area contributed by atoms with E-state index in [4.69, 9.17) is 4.98 Å². The summed E-state index contributed by atoms with van der Waals surface area (Å²) in [7, 11) is 0. The van der Waals surface area contributed by atoms with E-state index in [0.29, 0.717) is 25.2 Å². The highest BCUT2D eigenvalue weighted by Crippen LogP contribution is 2.31. The zero-order valence-electron chi connectivity index (χ0n) is 21.1. The SMILES string of the molecule is CC1=CCC=CC1C(=O)N1CCC(c2nc(C)ccc2C(=O)NCCc2c[nH]c3ccccc23)CC1. The second-order valence-electron chi connectivity index (χ2n) is 9.94. The standard InChI is InChI=1S/C30H34N4O2/c1-20-7-3-4-8-24(20)30(36)34-17-14-22(15-18-34)28-26(12-11-21(2)33-28)29(35)31-16-13-23-19-32-27-10-6-5-9-25(23)27/h4-12,19,22,24,32H,3,13-18H2,1-2H3,(H,31,35). The Morgan fingerprint density at radius 3 is 2.72 bits per heavy atom. The van der Waals surface area contributed by atoms with E-state index in [-0.39, 0.29) is 23.7 Å². The van der Waals surface area contributed by atoms with Gasteiger partial charge >= 0.3 is 0 Å². The highest BCUT2D eigenvalue weighted by Gasteiger charge is 2.31. The summed E-state index contributed by atoms with van der Waals surface area (Å²) >= 11 is 0. The molecule has 1 aliphatic heterocycles. The number of carbonyl (C=O) groups is 2. The van der Waals surface area contributed by atoms with Crippen LogP contribution in [0.2, 0.25) is 0 Å². The van der Waals surface area contributed by atoms with Gasteiger partial charge in [-0.3, -0.25) is 14.6 Å². The van der Waals surface area contributed by atoms with Crippen molar-refractivity contribution < 1.29 is 9.59 Å². The van der Waals surface area contributed by atoms with Gasteiger partial charge in [-0.2, -0.15) is 0 Å². The number of carbonyl (C=O) groups excluding carboxylic acids is 2. The lowest BCUT2D eigenvalue weighted by Crippen LogP contribution is -2.42. The third kappa shape index (κ3) is 4.99. The van der Waals surface area contributed by atoms with Crippen molar-refractivity contribution in [1.29, 1.82) is 0 Å². The molecule has 2 amide bonds. The van der Waals surface area contributed by atoms with Crippen LogP contribution in [-0.4, -0.2) is 46.3 Å². The van der Waals surface area contributed by atoms with Gasteiger partial charge in [-0.1, -0.05) is 42.0 Å². The summed E-state index contributed by atoms with van der Waals surface area (Å²) in [5.74, 6) is 0.141. The average Bonchev–Trinajstić information content (AvgIpc) is 3.31. The third-order valence-corrected chi connectivity index (χ3v) is 7.52. The molecule has 1 atom stereocenters. The Balaban J connectivity index is 1.22. The Morgan fingerprint density at radius 1 is 1.11 bits per heavy atom. The maximum atomic E-state index is 13.2. The Hall–Kier alpha value is -3.67. The van der Waals surface area contributed by atoms with E-state index in [9.17, 15) is 9.59 Å². The summed E-state index contributed by atoms with van der Waals surface area (Å²) in [6.07, 6.45) is 11.6. The molecule has 1 fully saturated rings. The molecule has 2 aliphatic rings. The Labute approximate surface area is 212 Å². The van der Waals surface area contributed by atoms with Crippen molar-refractivity contribution >= 4 is 22.7 Å². The van der Waals surface area contributed by atoms with Gasteiger partial charge in [0.25, 0.3) is 5.91 Å². The minimum atomic E-state index is -0.133. The fourth-order valence-electron chi connectivity index (χ4n) is 5.42. The highest BCUT2D eigenvalue weighted by molar-refractivity contribution is 5.95. The first-order valence-electron chi connectivity index (χ1n) is 12.9. The number of aryl methyl sites for hydroxylation is 1.